The Bertz CT molecular complexity index is 684. The van der Waals surface area contributed by atoms with Crippen LogP contribution in [-0.2, 0) is 21.2 Å². The summed E-state index contributed by atoms with van der Waals surface area (Å²) in [6.07, 6.45) is 0. The molecule has 2 rings (SSSR count). The van der Waals surface area contributed by atoms with Crippen LogP contribution in [0.5, 0.6) is 0 Å². The fraction of sp³-hybridized carbons (Fsp3) is 0.0769. The summed E-state index contributed by atoms with van der Waals surface area (Å²) in [6.45, 7) is 1.65. The molecule has 2 N–H and O–H groups in total. The zero-order chi connectivity index (χ0) is 14.0. The van der Waals surface area contributed by atoms with Gasteiger partial charge in [-0.05, 0) is 30.7 Å². The van der Waals surface area contributed by atoms with E-state index in [0.717, 1.165) is 0 Å². The van der Waals surface area contributed by atoms with Gasteiger partial charge in [0.05, 0.1) is 4.90 Å². The minimum Gasteiger partial charge on any atom is -0.606 e. The van der Waals surface area contributed by atoms with Crippen molar-refractivity contribution in [1.29, 1.82) is 0 Å². The summed E-state index contributed by atoms with van der Waals surface area (Å²) >= 11 is -1.42. The van der Waals surface area contributed by atoms with E-state index < -0.39 is 21.2 Å². The number of sulfonamides is 1. The van der Waals surface area contributed by atoms with Crippen LogP contribution in [0.15, 0.2) is 63.2 Å². The second-order valence-corrected chi connectivity index (χ2v) is 7.06. The lowest BCUT2D eigenvalue weighted by atomic mass is 10.2. The number of nitrogens with two attached hydrogens (primary N) is 1. The molecule has 2 aromatic carbocycles. The van der Waals surface area contributed by atoms with Crippen LogP contribution in [0.3, 0.4) is 0 Å². The highest BCUT2D eigenvalue weighted by molar-refractivity contribution is 7.91. The molecule has 19 heavy (non-hydrogen) atoms. The van der Waals surface area contributed by atoms with Crippen molar-refractivity contribution in [2.45, 2.75) is 21.6 Å². The highest BCUT2D eigenvalue weighted by atomic mass is 32.2. The van der Waals surface area contributed by atoms with Crippen molar-refractivity contribution in [3.8, 4) is 0 Å². The number of primary sulfonamides is 1. The molecule has 1 unspecified atom stereocenters. The van der Waals surface area contributed by atoms with Gasteiger partial charge in [0.1, 0.15) is 0 Å². The maximum atomic E-state index is 12.3. The van der Waals surface area contributed by atoms with Crippen LogP contribution in [0.2, 0.25) is 0 Å². The lowest BCUT2D eigenvalue weighted by Gasteiger charge is -2.11. The van der Waals surface area contributed by atoms with Crippen molar-refractivity contribution >= 4 is 21.2 Å². The zero-order valence-corrected chi connectivity index (χ0v) is 11.9. The minimum absolute atomic E-state index is 0.00859. The van der Waals surface area contributed by atoms with Gasteiger partial charge in [-0.2, -0.15) is 0 Å². The predicted molar refractivity (Wildman–Crippen MR) is 73.7 cm³/mol. The Morgan fingerprint density at radius 3 is 2.26 bits per heavy atom. The lowest BCUT2D eigenvalue weighted by molar-refractivity contribution is 0.593. The van der Waals surface area contributed by atoms with E-state index in [9.17, 15) is 13.0 Å². The standard InChI is InChI=1S/C13H13NO3S2/c1-10-7-8-12(9-13(10)19(14,16)17)18(15)11-5-3-2-4-6-11/h2-9H,1H3,(H2,14,16,17). The maximum Gasteiger partial charge on any atom is 0.238 e. The molecule has 0 bridgehead atoms. The molecule has 1 atom stereocenters. The van der Waals surface area contributed by atoms with Gasteiger partial charge in [0.2, 0.25) is 10.0 Å². The van der Waals surface area contributed by atoms with E-state index in [-0.39, 0.29) is 4.90 Å². The predicted octanol–water partition coefficient (Wildman–Crippen LogP) is 1.81. The van der Waals surface area contributed by atoms with E-state index >= 15 is 0 Å². The van der Waals surface area contributed by atoms with Crippen LogP contribution in [0.25, 0.3) is 0 Å². The Labute approximate surface area is 115 Å². The van der Waals surface area contributed by atoms with E-state index in [1.54, 1.807) is 43.3 Å². The molecule has 0 aliphatic heterocycles. The van der Waals surface area contributed by atoms with Gasteiger partial charge in [0, 0.05) is 17.2 Å². The van der Waals surface area contributed by atoms with Crippen molar-refractivity contribution in [2.24, 2.45) is 5.14 Å². The van der Waals surface area contributed by atoms with Gasteiger partial charge < -0.3 is 4.55 Å². The van der Waals surface area contributed by atoms with E-state index in [1.165, 1.54) is 6.07 Å². The van der Waals surface area contributed by atoms with Crippen LogP contribution < -0.4 is 5.14 Å². The third kappa shape index (κ3) is 3.16. The summed E-state index contributed by atoms with van der Waals surface area (Å²) in [5.74, 6) is 0. The van der Waals surface area contributed by atoms with Crippen LogP contribution >= 0.6 is 0 Å². The van der Waals surface area contributed by atoms with Gasteiger partial charge >= 0.3 is 0 Å². The van der Waals surface area contributed by atoms with Crippen LogP contribution in [0.4, 0.5) is 0 Å². The molecule has 0 amide bonds. The molecule has 2 aromatic rings. The third-order valence-corrected chi connectivity index (χ3v) is 5.07. The van der Waals surface area contributed by atoms with Crippen LogP contribution in [0.1, 0.15) is 5.56 Å². The molecule has 6 heteroatoms. The van der Waals surface area contributed by atoms with Gasteiger partial charge in [-0.1, -0.05) is 24.3 Å². The van der Waals surface area contributed by atoms with Crippen LogP contribution in [0, 0.1) is 6.92 Å². The van der Waals surface area contributed by atoms with Gasteiger partial charge in [0.15, 0.2) is 9.79 Å². The second-order valence-electron chi connectivity index (χ2n) is 4.05. The first-order chi connectivity index (χ1) is 8.89. The Morgan fingerprint density at radius 1 is 1.05 bits per heavy atom. The highest BCUT2D eigenvalue weighted by Crippen LogP contribution is 2.24. The van der Waals surface area contributed by atoms with Gasteiger partial charge in [-0.3, -0.25) is 0 Å². The molecule has 0 aliphatic carbocycles. The second kappa shape index (κ2) is 5.34. The molecule has 0 aromatic heterocycles. The topological polar surface area (TPSA) is 83.2 Å². The molecule has 0 heterocycles. The Balaban J connectivity index is 2.48. The largest absolute Gasteiger partial charge is 0.606 e. The number of rotatable bonds is 3. The summed E-state index contributed by atoms with van der Waals surface area (Å²) in [6, 6.07) is 13.5. The first-order valence-electron chi connectivity index (χ1n) is 5.50. The molecular weight excluding hydrogens is 282 g/mol. The van der Waals surface area contributed by atoms with E-state index in [0.29, 0.717) is 15.4 Å². The monoisotopic (exact) mass is 295 g/mol. The fourth-order valence-corrected chi connectivity index (χ4v) is 3.66. The maximum absolute atomic E-state index is 12.3. The number of hydrogen-bond donors (Lipinski definition) is 1. The average molecular weight is 295 g/mol. The molecule has 0 aliphatic rings. The van der Waals surface area contributed by atoms with Gasteiger partial charge in [-0.15, -0.1) is 0 Å². The SMILES string of the molecule is Cc1ccc([S+]([O-])c2ccccc2)cc1S(N)(=O)=O. The first-order valence-corrected chi connectivity index (χ1v) is 8.19. The molecule has 100 valence electrons. The summed E-state index contributed by atoms with van der Waals surface area (Å²) in [4.78, 5) is 1.04. The number of hydrogen-bond acceptors (Lipinski definition) is 3. The lowest BCUT2D eigenvalue weighted by Crippen LogP contribution is -2.14. The van der Waals surface area contributed by atoms with Gasteiger partial charge in [0.25, 0.3) is 0 Å². The van der Waals surface area contributed by atoms with E-state index in [1.807, 2.05) is 6.07 Å². The smallest absolute Gasteiger partial charge is 0.238 e. The zero-order valence-electron chi connectivity index (χ0n) is 10.2. The number of benzene rings is 2. The van der Waals surface area contributed by atoms with Crippen LogP contribution in [-0.4, -0.2) is 13.0 Å². The quantitative estimate of drug-likeness (QED) is 0.876. The molecule has 4 nitrogen and oxygen atoms in total. The molecule has 0 spiro atoms. The molecule has 0 saturated heterocycles. The van der Waals surface area contributed by atoms with Crippen molar-refractivity contribution in [2.75, 3.05) is 0 Å². The van der Waals surface area contributed by atoms with Crippen molar-refractivity contribution < 1.29 is 13.0 Å². The van der Waals surface area contributed by atoms with E-state index in [2.05, 4.69) is 0 Å². The Hall–Kier alpha value is -1.34. The summed E-state index contributed by atoms with van der Waals surface area (Å²) < 4.78 is 35.2. The highest BCUT2D eigenvalue weighted by Gasteiger charge is 2.19. The molecular formula is C13H13NO3S2. The first kappa shape index (κ1) is 14.1. The average Bonchev–Trinajstić information content (AvgIpc) is 2.38. The fourth-order valence-electron chi connectivity index (χ4n) is 1.68. The normalized spacial score (nSPS) is 13.2. The van der Waals surface area contributed by atoms with E-state index in [4.69, 9.17) is 5.14 Å². The van der Waals surface area contributed by atoms with Gasteiger partial charge in [-0.25, -0.2) is 13.6 Å². The molecule has 0 saturated carbocycles. The van der Waals surface area contributed by atoms with Crippen molar-refractivity contribution in [3.63, 3.8) is 0 Å². The summed E-state index contributed by atoms with van der Waals surface area (Å²) in [5.41, 5.74) is 0.538. The number of aryl methyl sites for hydroxylation is 1. The van der Waals surface area contributed by atoms with Crippen molar-refractivity contribution in [3.05, 3.63) is 54.1 Å². The Kier molecular flexibility index (Phi) is 3.96. The van der Waals surface area contributed by atoms with Crippen molar-refractivity contribution in [1.82, 2.24) is 0 Å². The third-order valence-electron chi connectivity index (χ3n) is 2.64. The summed E-state index contributed by atoms with van der Waals surface area (Å²) in [5, 5.41) is 5.14. The summed E-state index contributed by atoms with van der Waals surface area (Å²) in [7, 11) is -3.81. The molecule has 0 radical (unpaired) electrons. The Morgan fingerprint density at radius 2 is 1.68 bits per heavy atom. The minimum atomic E-state index is -3.81. The molecule has 0 fully saturated rings.